The lowest BCUT2D eigenvalue weighted by molar-refractivity contribution is 0.0962. The number of hydrogen-bond donors (Lipinski definition) is 2. The number of amides is 1. The summed E-state index contributed by atoms with van der Waals surface area (Å²) in [5.74, 6) is -0.245. The lowest BCUT2D eigenvalue weighted by Crippen LogP contribution is -2.29. The van der Waals surface area contributed by atoms with E-state index in [1.165, 1.54) is 0 Å². The van der Waals surface area contributed by atoms with Gasteiger partial charge in [0.25, 0.3) is 5.91 Å². The standard InChI is InChI=1S/C15H14Cl2N2O2/c1-21-9-10-2-4-11(5-3-10)15(20)19-18-12-6-7-13(16)14(17)8-12/h2-8,18H,9H2,1H3,(H,19,20). The van der Waals surface area contributed by atoms with Crippen LogP contribution < -0.4 is 10.9 Å². The summed E-state index contributed by atoms with van der Waals surface area (Å²) in [6.45, 7) is 0.517. The summed E-state index contributed by atoms with van der Waals surface area (Å²) >= 11 is 11.7. The van der Waals surface area contributed by atoms with Gasteiger partial charge in [0.05, 0.1) is 22.3 Å². The van der Waals surface area contributed by atoms with Crippen molar-refractivity contribution in [1.82, 2.24) is 5.43 Å². The molecule has 0 bridgehead atoms. The van der Waals surface area contributed by atoms with Gasteiger partial charge >= 0.3 is 0 Å². The topological polar surface area (TPSA) is 50.4 Å². The van der Waals surface area contributed by atoms with Crippen LogP contribution in [-0.4, -0.2) is 13.0 Å². The van der Waals surface area contributed by atoms with Crippen molar-refractivity contribution in [3.8, 4) is 0 Å². The monoisotopic (exact) mass is 324 g/mol. The highest BCUT2D eigenvalue weighted by Crippen LogP contribution is 2.24. The van der Waals surface area contributed by atoms with E-state index in [0.29, 0.717) is 27.9 Å². The van der Waals surface area contributed by atoms with Crippen LogP contribution in [0.2, 0.25) is 10.0 Å². The fraction of sp³-hybridized carbons (Fsp3) is 0.133. The molecule has 0 aliphatic heterocycles. The second kappa shape index (κ2) is 7.31. The number of rotatable bonds is 5. The number of carbonyl (C=O) groups is 1. The second-order valence-corrected chi connectivity index (χ2v) is 5.15. The zero-order chi connectivity index (χ0) is 15.2. The summed E-state index contributed by atoms with van der Waals surface area (Å²) in [6, 6.07) is 12.2. The van der Waals surface area contributed by atoms with Crippen molar-refractivity contribution in [1.29, 1.82) is 0 Å². The predicted molar refractivity (Wildman–Crippen MR) is 84.7 cm³/mol. The van der Waals surface area contributed by atoms with Gasteiger partial charge < -0.3 is 4.74 Å². The molecule has 1 amide bonds. The summed E-state index contributed by atoms with van der Waals surface area (Å²) in [6.07, 6.45) is 0. The molecular formula is C15H14Cl2N2O2. The minimum atomic E-state index is -0.245. The summed E-state index contributed by atoms with van der Waals surface area (Å²) in [4.78, 5) is 12.0. The molecule has 0 spiro atoms. The first-order valence-corrected chi connectivity index (χ1v) is 6.95. The van der Waals surface area contributed by atoms with Gasteiger partial charge in [0.15, 0.2) is 0 Å². The molecule has 2 aromatic carbocycles. The summed E-state index contributed by atoms with van der Waals surface area (Å²) < 4.78 is 5.02. The number of nitrogens with one attached hydrogen (secondary N) is 2. The molecule has 0 saturated carbocycles. The maximum absolute atomic E-state index is 12.0. The Morgan fingerprint density at radius 1 is 1.10 bits per heavy atom. The third-order valence-corrected chi connectivity index (χ3v) is 3.51. The number of ether oxygens (including phenoxy) is 1. The minimum absolute atomic E-state index is 0.245. The average molecular weight is 325 g/mol. The summed E-state index contributed by atoms with van der Waals surface area (Å²) in [5, 5.41) is 0.877. The van der Waals surface area contributed by atoms with Crippen LogP contribution in [0.25, 0.3) is 0 Å². The number of halogens is 2. The fourth-order valence-electron chi connectivity index (χ4n) is 1.69. The molecule has 0 aromatic heterocycles. The van der Waals surface area contributed by atoms with E-state index in [1.54, 1.807) is 37.4 Å². The fourth-order valence-corrected chi connectivity index (χ4v) is 1.99. The van der Waals surface area contributed by atoms with Crippen molar-refractivity contribution in [2.24, 2.45) is 0 Å². The molecule has 0 aliphatic carbocycles. The lowest BCUT2D eigenvalue weighted by atomic mass is 10.1. The number of benzene rings is 2. The van der Waals surface area contributed by atoms with Gasteiger partial charge in [0.1, 0.15) is 0 Å². The van der Waals surface area contributed by atoms with Crippen LogP contribution in [-0.2, 0) is 11.3 Å². The highest BCUT2D eigenvalue weighted by atomic mass is 35.5. The second-order valence-electron chi connectivity index (χ2n) is 4.34. The van der Waals surface area contributed by atoms with Crippen LogP contribution >= 0.6 is 23.2 Å². The van der Waals surface area contributed by atoms with Gasteiger partial charge in [-0.25, -0.2) is 0 Å². The molecule has 6 heteroatoms. The molecule has 110 valence electrons. The summed E-state index contributed by atoms with van der Waals surface area (Å²) in [5.41, 5.74) is 7.57. The lowest BCUT2D eigenvalue weighted by Gasteiger charge is -2.09. The van der Waals surface area contributed by atoms with Crippen molar-refractivity contribution in [3.63, 3.8) is 0 Å². The van der Waals surface area contributed by atoms with E-state index < -0.39 is 0 Å². The first-order chi connectivity index (χ1) is 10.1. The molecule has 0 heterocycles. The number of hydrazine groups is 1. The smallest absolute Gasteiger partial charge is 0.269 e. The Morgan fingerprint density at radius 3 is 2.43 bits per heavy atom. The van der Waals surface area contributed by atoms with Crippen molar-refractivity contribution in [3.05, 3.63) is 63.6 Å². The van der Waals surface area contributed by atoms with E-state index in [2.05, 4.69) is 10.9 Å². The zero-order valence-electron chi connectivity index (χ0n) is 11.3. The number of carbonyl (C=O) groups excluding carboxylic acids is 1. The Kier molecular flexibility index (Phi) is 5.44. The van der Waals surface area contributed by atoms with Crippen LogP contribution in [0, 0.1) is 0 Å². The van der Waals surface area contributed by atoms with E-state index in [4.69, 9.17) is 27.9 Å². The van der Waals surface area contributed by atoms with Crippen LogP contribution in [0.4, 0.5) is 5.69 Å². The van der Waals surface area contributed by atoms with E-state index in [9.17, 15) is 4.79 Å². The maximum Gasteiger partial charge on any atom is 0.269 e. The largest absolute Gasteiger partial charge is 0.380 e. The molecule has 0 aliphatic rings. The molecule has 21 heavy (non-hydrogen) atoms. The Hall–Kier alpha value is -1.75. The first kappa shape index (κ1) is 15.6. The van der Waals surface area contributed by atoms with Gasteiger partial charge in [-0.3, -0.25) is 15.6 Å². The quantitative estimate of drug-likeness (QED) is 0.820. The van der Waals surface area contributed by atoms with Crippen molar-refractivity contribution in [2.75, 3.05) is 12.5 Å². The van der Waals surface area contributed by atoms with Gasteiger partial charge in [-0.2, -0.15) is 0 Å². The number of anilines is 1. The van der Waals surface area contributed by atoms with E-state index in [-0.39, 0.29) is 5.91 Å². The van der Waals surface area contributed by atoms with Crippen LogP contribution in [0.3, 0.4) is 0 Å². The van der Waals surface area contributed by atoms with E-state index >= 15 is 0 Å². The molecule has 0 unspecified atom stereocenters. The van der Waals surface area contributed by atoms with E-state index in [0.717, 1.165) is 5.56 Å². The normalized spacial score (nSPS) is 10.2. The molecule has 0 saturated heterocycles. The molecule has 2 N–H and O–H groups in total. The SMILES string of the molecule is COCc1ccc(C(=O)NNc2ccc(Cl)c(Cl)c2)cc1. The molecule has 0 atom stereocenters. The van der Waals surface area contributed by atoms with Gasteiger partial charge in [-0.1, -0.05) is 35.3 Å². The van der Waals surface area contributed by atoms with Crippen LogP contribution in [0.15, 0.2) is 42.5 Å². The van der Waals surface area contributed by atoms with Gasteiger partial charge in [-0.15, -0.1) is 0 Å². The molecule has 0 radical (unpaired) electrons. The third kappa shape index (κ3) is 4.36. The molecule has 2 aromatic rings. The molecular weight excluding hydrogens is 311 g/mol. The Morgan fingerprint density at radius 2 is 1.81 bits per heavy atom. The van der Waals surface area contributed by atoms with E-state index in [1.807, 2.05) is 12.1 Å². The molecule has 4 nitrogen and oxygen atoms in total. The van der Waals surface area contributed by atoms with Crippen molar-refractivity contribution in [2.45, 2.75) is 6.61 Å². The van der Waals surface area contributed by atoms with Crippen molar-refractivity contribution >= 4 is 34.8 Å². The predicted octanol–water partition coefficient (Wildman–Crippen LogP) is 3.90. The van der Waals surface area contributed by atoms with Gasteiger partial charge in [0.2, 0.25) is 0 Å². The number of hydrogen-bond acceptors (Lipinski definition) is 3. The Labute approximate surface area is 133 Å². The Balaban J connectivity index is 1.96. The van der Waals surface area contributed by atoms with Gasteiger partial charge in [0, 0.05) is 12.7 Å². The molecule has 2 rings (SSSR count). The minimum Gasteiger partial charge on any atom is -0.380 e. The highest BCUT2D eigenvalue weighted by molar-refractivity contribution is 6.42. The maximum atomic E-state index is 12.0. The first-order valence-electron chi connectivity index (χ1n) is 6.19. The average Bonchev–Trinajstić information content (AvgIpc) is 2.49. The summed E-state index contributed by atoms with van der Waals surface area (Å²) in [7, 11) is 1.63. The van der Waals surface area contributed by atoms with Gasteiger partial charge in [-0.05, 0) is 35.9 Å². The molecule has 0 fully saturated rings. The Bertz CT molecular complexity index is 630. The number of methoxy groups -OCH3 is 1. The van der Waals surface area contributed by atoms with Crippen LogP contribution in [0.1, 0.15) is 15.9 Å². The highest BCUT2D eigenvalue weighted by Gasteiger charge is 2.05. The third-order valence-electron chi connectivity index (χ3n) is 2.77. The van der Waals surface area contributed by atoms with Crippen LogP contribution in [0.5, 0.6) is 0 Å². The van der Waals surface area contributed by atoms with Crippen molar-refractivity contribution < 1.29 is 9.53 Å². The zero-order valence-corrected chi connectivity index (χ0v) is 12.8.